The van der Waals surface area contributed by atoms with E-state index >= 15 is 0 Å². The maximum absolute atomic E-state index is 13.2. The standard InChI is InChI=1S/C23H28N6O4/c1-15-11-26-19(12-25-15)27-22(33)29-14-23(8-9-28(13-23)21(32)24-2)17-10-16(6-7-18(17)29)4-3-5-20(30)31/h6-7,10-12H,3-5,8-9,13-14H2,1-2H3,(H,24,32)(H,30,31)(H,26,27,33). The molecule has 1 unspecified atom stereocenters. The molecule has 4 rings (SSSR count). The average molecular weight is 453 g/mol. The molecule has 1 atom stereocenters. The predicted octanol–water partition coefficient (Wildman–Crippen LogP) is 2.53. The maximum Gasteiger partial charge on any atom is 0.327 e. The average Bonchev–Trinajstić information content (AvgIpc) is 3.37. The molecule has 1 aromatic carbocycles. The fraction of sp³-hybridized carbons (Fsp3) is 0.435. The highest BCUT2D eigenvalue weighted by Crippen LogP contribution is 2.47. The van der Waals surface area contributed by atoms with Crippen LogP contribution in [-0.4, -0.2) is 64.7 Å². The first kappa shape index (κ1) is 22.5. The van der Waals surface area contributed by atoms with E-state index in [9.17, 15) is 14.4 Å². The number of carbonyl (C=O) groups excluding carboxylic acids is 2. The molecular formula is C23H28N6O4. The van der Waals surface area contributed by atoms with Crippen LogP contribution in [0.4, 0.5) is 21.1 Å². The summed E-state index contributed by atoms with van der Waals surface area (Å²) in [6.45, 7) is 3.37. The van der Waals surface area contributed by atoms with Gasteiger partial charge in [-0.2, -0.15) is 0 Å². The molecule has 1 fully saturated rings. The number of nitrogens with one attached hydrogen (secondary N) is 2. The summed E-state index contributed by atoms with van der Waals surface area (Å²) in [5, 5.41) is 14.4. The number of aromatic nitrogens is 2. The van der Waals surface area contributed by atoms with E-state index in [4.69, 9.17) is 5.11 Å². The first-order chi connectivity index (χ1) is 15.8. The van der Waals surface area contributed by atoms with Crippen LogP contribution in [0.1, 0.15) is 36.1 Å². The van der Waals surface area contributed by atoms with Gasteiger partial charge in [-0.25, -0.2) is 14.6 Å². The zero-order valence-corrected chi connectivity index (χ0v) is 18.8. The van der Waals surface area contributed by atoms with Crippen LogP contribution in [0, 0.1) is 6.92 Å². The molecule has 10 heteroatoms. The molecule has 1 aromatic heterocycles. The number of nitrogens with zero attached hydrogens (tertiary/aromatic N) is 4. The number of carboxylic acid groups (broad SMARTS) is 1. The topological polar surface area (TPSA) is 128 Å². The fourth-order valence-electron chi connectivity index (χ4n) is 4.68. The Morgan fingerprint density at radius 3 is 2.67 bits per heavy atom. The number of hydrogen-bond acceptors (Lipinski definition) is 5. The molecular weight excluding hydrogens is 424 g/mol. The van der Waals surface area contributed by atoms with Crippen molar-refractivity contribution < 1.29 is 19.5 Å². The van der Waals surface area contributed by atoms with Gasteiger partial charge in [-0.1, -0.05) is 12.1 Å². The smallest absolute Gasteiger partial charge is 0.327 e. The summed E-state index contributed by atoms with van der Waals surface area (Å²) >= 11 is 0. The molecule has 10 nitrogen and oxygen atoms in total. The monoisotopic (exact) mass is 452 g/mol. The lowest BCUT2D eigenvalue weighted by molar-refractivity contribution is -0.137. The first-order valence-electron chi connectivity index (χ1n) is 11.0. The van der Waals surface area contributed by atoms with Gasteiger partial charge in [-0.3, -0.25) is 20.0 Å². The number of likely N-dealkylation sites (tertiary alicyclic amines) is 1. The number of benzene rings is 1. The molecule has 33 heavy (non-hydrogen) atoms. The van der Waals surface area contributed by atoms with Gasteiger partial charge in [-0.05, 0) is 43.4 Å². The van der Waals surface area contributed by atoms with Crippen LogP contribution >= 0.6 is 0 Å². The lowest BCUT2D eigenvalue weighted by Gasteiger charge is -2.26. The number of rotatable bonds is 5. The van der Waals surface area contributed by atoms with E-state index in [2.05, 4.69) is 26.7 Å². The Kier molecular flexibility index (Phi) is 6.17. The summed E-state index contributed by atoms with van der Waals surface area (Å²) in [6.07, 6.45) is 5.14. The third kappa shape index (κ3) is 4.59. The molecule has 2 aliphatic heterocycles. The normalized spacial score (nSPS) is 19.0. The summed E-state index contributed by atoms with van der Waals surface area (Å²) in [4.78, 5) is 48.2. The molecule has 2 aromatic rings. The van der Waals surface area contributed by atoms with Crippen molar-refractivity contribution in [3.63, 3.8) is 0 Å². The van der Waals surface area contributed by atoms with E-state index < -0.39 is 5.97 Å². The zero-order chi connectivity index (χ0) is 23.6. The van der Waals surface area contributed by atoms with E-state index in [-0.39, 0.29) is 23.9 Å². The quantitative estimate of drug-likeness (QED) is 0.640. The van der Waals surface area contributed by atoms with Gasteiger partial charge >= 0.3 is 18.0 Å². The first-order valence-corrected chi connectivity index (χ1v) is 11.0. The summed E-state index contributed by atoms with van der Waals surface area (Å²) in [5.41, 5.74) is 3.23. The summed E-state index contributed by atoms with van der Waals surface area (Å²) in [7, 11) is 1.61. The molecule has 0 bridgehead atoms. The van der Waals surface area contributed by atoms with Crippen LogP contribution in [0.25, 0.3) is 0 Å². The Labute approximate surface area is 192 Å². The van der Waals surface area contributed by atoms with Crippen molar-refractivity contribution in [2.24, 2.45) is 0 Å². The van der Waals surface area contributed by atoms with E-state index in [0.717, 1.165) is 28.9 Å². The second-order valence-corrected chi connectivity index (χ2v) is 8.67. The number of urea groups is 2. The van der Waals surface area contributed by atoms with E-state index in [1.807, 2.05) is 19.1 Å². The Bertz CT molecular complexity index is 1070. The van der Waals surface area contributed by atoms with Gasteiger partial charge < -0.3 is 15.3 Å². The Morgan fingerprint density at radius 1 is 1.15 bits per heavy atom. The van der Waals surface area contributed by atoms with Gasteiger partial charge in [0.2, 0.25) is 0 Å². The van der Waals surface area contributed by atoms with Crippen LogP contribution < -0.4 is 15.5 Å². The summed E-state index contributed by atoms with van der Waals surface area (Å²) in [6, 6.07) is 5.50. The maximum atomic E-state index is 13.2. The number of carbonyl (C=O) groups is 3. The Balaban J connectivity index is 1.61. The fourth-order valence-corrected chi connectivity index (χ4v) is 4.68. The lowest BCUT2D eigenvalue weighted by Crippen LogP contribution is -2.43. The van der Waals surface area contributed by atoms with Crippen molar-refractivity contribution in [2.75, 3.05) is 36.9 Å². The van der Waals surface area contributed by atoms with Crippen molar-refractivity contribution >= 4 is 29.5 Å². The number of carboxylic acids is 1. The molecule has 0 aliphatic carbocycles. The highest BCUT2D eigenvalue weighted by Gasteiger charge is 2.49. The predicted molar refractivity (Wildman–Crippen MR) is 122 cm³/mol. The minimum absolute atomic E-state index is 0.110. The molecule has 4 amide bonds. The SMILES string of the molecule is CNC(=O)N1CCC2(C1)CN(C(=O)Nc1cnc(C)cn1)c1ccc(CCCC(=O)O)cc12. The van der Waals surface area contributed by atoms with E-state index in [1.54, 1.807) is 23.0 Å². The van der Waals surface area contributed by atoms with E-state index in [1.165, 1.54) is 6.20 Å². The molecule has 0 saturated carbocycles. The van der Waals surface area contributed by atoms with Crippen molar-refractivity contribution in [3.05, 3.63) is 47.4 Å². The minimum Gasteiger partial charge on any atom is -0.481 e. The zero-order valence-electron chi connectivity index (χ0n) is 18.8. The third-order valence-electron chi connectivity index (χ3n) is 6.36. The second kappa shape index (κ2) is 9.05. The van der Waals surface area contributed by atoms with Gasteiger partial charge in [0, 0.05) is 44.2 Å². The van der Waals surface area contributed by atoms with Crippen LogP contribution in [-0.2, 0) is 16.6 Å². The summed E-state index contributed by atoms with van der Waals surface area (Å²) < 4.78 is 0. The largest absolute Gasteiger partial charge is 0.481 e. The van der Waals surface area contributed by atoms with Crippen LogP contribution in [0.15, 0.2) is 30.6 Å². The Hall–Kier alpha value is -3.69. The lowest BCUT2D eigenvalue weighted by atomic mass is 9.80. The molecule has 1 saturated heterocycles. The van der Waals surface area contributed by atoms with Gasteiger partial charge in [0.1, 0.15) is 0 Å². The Morgan fingerprint density at radius 2 is 1.97 bits per heavy atom. The summed E-state index contributed by atoms with van der Waals surface area (Å²) in [5.74, 6) is -0.441. The number of aryl methyl sites for hydroxylation is 2. The van der Waals surface area contributed by atoms with Crippen molar-refractivity contribution in [3.8, 4) is 0 Å². The third-order valence-corrected chi connectivity index (χ3v) is 6.36. The number of aliphatic carboxylic acids is 1. The highest BCUT2D eigenvalue weighted by atomic mass is 16.4. The van der Waals surface area contributed by atoms with Crippen molar-refractivity contribution in [1.82, 2.24) is 20.2 Å². The number of anilines is 2. The van der Waals surface area contributed by atoms with Gasteiger partial charge in [0.05, 0.1) is 18.1 Å². The molecule has 0 radical (unpaired) electrons. The highest BCUT2D eigenvalue weighted by molar-refractivity contribution is 6.03. The molecule has 1 spiro atoms. The van der Waals surface area contributed by atoms with E-state index in [0.29, 0.717) is 38.3 Å². The second-order valence-electron chi connectivity index (χ2n) is 8.67. The van der Waals surface area contributed by atoms with Gasteiger partial charge in [0.15, 0.2) is 5.82 Å². The molecule has 174 valence electrons. The van der Waals surface area contributed by atoms with Crippen LogP contribution in [0.3, 0.4) is 0 Å². The molecule has 2 aliphatic rings. The minimum atomic E-state index is -0.813. The van der Waals surface area contributed by atoms with Crippen molar-refractivity contribution in [2.45, 2.75) is 38.0 Å². The number of fused-ring (bicyclic) bond motifs is 2. The number of amides is 4. The van der Waals surface area contributed by atoms with Crippen LogP contribution in [0.5, 0.6) is 0 Å². The van der Waals surface area contributed by atoms with Crippen molar-refractivity contribution in [1.29, 1.82) is 0 Å². The van der Waals surface area contributed by atoms with Gasteiger partial charge in [-0.15, -0.1) is 0 Å². The molecule has 3 N–H and O–H groups in total. The number of hydrogen-bond donors (Lipinski definition) is 3. The van der Waals surface area contributed by atoms with Gasteiger partial charge in [0.25, 0.3) is 0 Å². The van der Waals surface area contributed by atoms with Crippen LogP contribution in [0.2, 0.25) is 0 Å². The molecule has 3 heterocycles.